The van der Waals surface area contributed by atoms with Crippen LogP contribution in [0, 0.1) is 5.41 Å². The summed E-state index contributed by atoms with van der Waals surface area (Å²) < 4.78 is 5.30. The highest BCUT2D eigenvalue weighted by Crippen LogP contribution is 2.35. The molecule has 5 heteroatoms. The third-order valence-corrected chi connectivity index (χ3v) is 4.54. The summed E-state index contributed by atoms with van der Waals surface area (Å²) in [5.74, 6) is 0.776. The van der Waals surface area contributed by atoms with Gasteiger partial charge in [-0.3, -0.25) is 0 Å². The van der Waals surface area contributed by atoms with Gasteiger partial charge in [-0.2, -0.15) is 0 Å². The zero-order chi connectivity index (χ0) is 16.9. The third-order valence-electron chi connectivity index (χ3n) is 3.60. The van der Waals surface area contributed by atoms with Gasteiger partial charge in [0.05, 0.1) is 13.2 Å². The molecule has 0 aliphatic rings. The summed E-state index contributed by atoms with van der Waals surface area (Å²) >= 11 is 1.66. The monoisotopic (exact) mass is 332 g/mol. The topological polar surface area (TPSA) is 50.4 Å². The number of rotatable bonds is 5. The Labute approximate surface area is 141 Å². The van der Waals surface area contributed by atoms with E-state index in [0.29, 0.717) is 6.54 Å². The Balaban J connectivity index is 2.00. The maximum atomic E-state index is 12.3. The molecule has 0 aliphatic carbocycles. The van der Waals surface area contributed by atoms with Crippen LogP contribution in [-0.4, -0.2) is 13.1 Å². The highest BCUT2D eigenvalue weighted by Gasteiger charge is 2.28. The quantitative estimate of drug-likeness (QED) is 0.855. The van der Waals surface area contributed by atoms with Gasteiger partial charge in [0.2, 0.25) is 0 Å². The molecule has 2 rings (SSSR count). The second-order valence-corrected chi connectivity index (χ2v) is 7.43. The number of hydrogen-bond donors (Lipinski definition) is 2. The first-order chi connectivity index (χ1) is 10.9. The fourth-order valence-corrected chi connectivity index (χ4v) is 3.40. The summed E-state index contributed by atoms with van der Waals surface area (Å²) in [4.78, 5) is 13.5. The Hall–Kier alpha value is -2.01. The van der Waals surface area contributed by atoms with Gasteiger partial charge in [-0.1, -0.05) is 45.0 Å². The summed E-state index contributed by atoms with van der Waals surface area (Å²) in [5, 5.41) is 8.03. The number of benzene rings is 1. The molecule has 0 saturated heterocycles. The van der Waals surface area contributed by atoms with Crippen molar-refractivity contribution in [3.63, 3.8) is 0 Å². The van der Waals surface area contributed by atoms with E-state index in [9.17, 15) is 4.79 Å². The molecule has 1 heterocycles. The molecular weight excluding hydrogens is 308 g/mol. The first-order valence-corrected chi connectivity index (χ1v) is 8.49. The number of nitrogens with one attached hydrogen (secondary N) is 2. The summed E-state index contributed by atoms with van der Waals surface area (Å²) in [6.45, 7) is 6.80. The lowest BCUT2D eigenvalue weighted by Crippen LogP contribution is -2.42. The molecule has 0 aliphatic heterocycles. The fraction of sp³-hybridized carbons (Fsp3) is 0.389. The zero-order valence-electron chi connectivity index (χ0n) is 14.1. The number of carbonyl (C=O) groups is 1. The number of amides is 2. The summed E-state index contributed by atoms with van der Waals surface area (Å²) in [6.07, 6.45) is 0. The van der Waals surface area contributed by atoms with E-state index in [1.165, 1.54) is 0 Å². The Kier molecular flexibility index (Phi) is 5.66. The normalized spacial score (nSPS) is 12.5. The predicted octanol–water partition coefficient (Wildman–Crippen LogP) is 4.34. The van der Waals surface area contributed by atoms with Crippen LogP contribution in [0.3, 0.4) is 0 Å². The van der Waals surface area contributed by atoms with Crippen LogP contribution in [0.15, 0.2) is 41.8 Å². The van der Waals surface area contributed by atoms with Crippen LogP contribution in [-0.2, 0) is 6.54 Å². The SMILES string of the molecule is COc1ccccc1CNC(=O)N[C@H](c1cccs1)C(C)(C)C. The van der Waals surface area contributed by atoms with E-state index in [1.54, 1.807) is 18.4 Å². The zero-order valence-corrected chi connectivity index (χ0v) is 14.9. The van der Waals surface area contributed by atoms with E-state index in [1.807, 2.05) is 35.7 Å². The van der Waals surface area contributed by atoms with Crippen molar-refractivity contribution in [3.8, 4) is 5.75 Å². The highest BCUT2D eigenvalue weighted by atomic mass is 32.1. The molecule has 1 aromatic carbocycles. The fourth-order valence-electron chi connectivity index (χ4n) is 2.38. The van der Waals surface area contributed by atoms with Crippen molar-refractivity contribution in [1.82, 2.24) is 10.6 Å². The molecule has 124 valence electrons. The molecule has 1 atom stereocenters. The molecule has 0 saturated carbocycles. The number of urea groups is 1. The standard InChI is InChI=1S/C18H24N2O2S/c1-18(2,3)16(15-10-7-11-23-15)20-17(21)19-12-13-8-5-6-9-14(13)22-4/h5-11,16H,12H2,1-4H3,(H2,19,20,21)/t16-/m1/s1. The summed E-state index contributed by atoms with van der Waals surface area (Å²) in [6, 6.07) is 11.5. The van der Waals surface area contributed by atoms with Crippen LogP contribution in [0.25, 0.3) is 0 Å². The molecule has 0 spiro atoms. The van der Waals surface area contributed by atoms with Crippen molar-refractivity contribution >= 4 is 17.4 Å². The van der Waals surface area contributed by atoms with E-state index < -0.39 is 0 Å². The van der Waals surface area contributed by atoms with Crippen molar-refractivity contribution < 1.29 is 9.53 Å². The Morgan fingerprint density at radius 3 is 2.57 bits per heavy atom. The maximum absolute atomic E-state index is 12.3. The number of thiophene rings is 1. The van der Waals surface area contributed by atoms with E-state index in [-0.39, 0.29) is 17.5 Å². The summed E-state index contributed by atoms with van der Waals surface area (Å²) in [5.41, 5.74) is 0.890. The average Bonchev–Trinajstić information content (AvgIpc) is 3.03. The van der Waals surface area contributed by atoms with Crippen molar-refractivity contribution in [2.45, 2.75) is 33.4 Å². The predicted molar refractivity (Wildman–Crippen MR) is 94.9 cm³/mol. The van der Waals surface area contributed by atoms with Crippen LogP contribution in [0.2, 0.25) is 0 Å². The molecular formula is C18H24N2O2S. The second-order valence-electron chi connectivity index (χ2n) is 6.45. The molecule has 2 aromatic rings. The number of methoxy groups -OCH3 is 1. The Morgan fingerprint density at radius 2 is 1.96 bits per heavy atom. The van der Waals surface area contributed by atoms with Gasteiger partial charge in [-0.05, 0) is 22.9 Å². The molecule has 4 nitrogen and oxygen atoms in total. The molecule has 0 bridgehead atoms. The minimum absolute atomic E-state index is 0.0276. The number of hydrogen-bond acceptors (Lipinski definition) is 3. The minimum Gasteiger partial charge on any atom is -0.496 e. The summed E-state index contributed by atoms with van der Waals surface area (Å²) in [7, 11) is 1.63. The Morgan fingerprint density at radius 1 is 1.22 bits per heavy atom. The molecule has 1 aromatic heterocycles. The molecule has 0 radical (unpaired) electrons. The second kappa shape index (κ2) is 7.51. The number of carbonyl (C=O) groups excluding carboxylic acids is 1. The lowest BCUT2D eigenvalue weighted by molar-refractivity contribution is 0.219. The largest absolute Gasteiger partial charge is 0.496 e. The van der Waals surface area contributed by atoms with Gasteiger partial charge in [0, 0.05) is 17.0 Å². The van der Waals surface area contributed by atoms with Gasteiger partial charge in [0.1, 0.15) is 5.75 Å². The van der Waals surface area contributed by atoms with Gasteiger partial charge in [-0.15, -0.1) is 11.3 Å². The van der Waals surface area contributed by atoms with E-state index in [0.717, 1.165) is 16.2 Å². The van der Waals surface area contributed by atoms with Crippen molar-refractivity contribution in [3.05, 3.63) is 52.2 Å². The van der Waals surface area contributed by atoms with E-state index in [2.05, 4.69) is 37.5 Å². The van der Waals surface area contributed by atoms with E-state index in [4.69, 9.17) is 4.74 Å². The molecule has 2 amide bonds. The smallest absolute Gasteiger partial charge is 0.315 e. The number of ether oxygens (including phenoxy) is 1. The first-order valence-electron chi connectivity index (χ1n) is 7.61. The van der Waals surface area contributed by atoms with Gasteiger partial charge < -0.3 is 15.4 Å². The van der Waals surface area contributed by atoms with Gasteiger partial charge in [-0.25, -0.2) is 4.79 Å². The van der Waals surface area contributed by atoms with Crippen molar-refractivity contribution in [2.75, 3.05) is 7.11 Å². The maximum Gasteiger partial charge on any atom is 0.315 e. The van der Waals surface area contributed by atoms with Crippen molar-refractivity contribution in [1.29, 1.82) is 0 Å². The van der Waals surface area contributed by atoms with Crippen LogP contribution < -0.4 is 15.4 Å². The van der Waals surface area contributed by atoms with Crippen LogP contribution in [0.1, 0.15) is 37.3 Å². The lowest BCUT2D eigenvalue weighted by atomic mass is 9.86. The van der Waals surface area contributed by atoms with Gasteiger partial charge in [0.15, 0.2) is 0 Å². The van der Waals surface area contributed by atoms with Crippen LogP contribution in [0.5, 0.6) is 5.75 Å². The molecule has 0 fully saturated rings. The minimum atomic E-state index is -0.177. The highest BCUT2D eigenvalue weighted by molar-refractivity contribution is 7.10. The van der Waals surface area contributed by atoms with Crippen LogP contribution >= 0.6 is 11.3 Å². The first kappa shape index (κ1) is 17.3. The Bertz CT molecular complexity index is 633. The lowest BCUT2D eigenvalue weighted by Gasteiger charge is -2.30. The van der Waals surface area contributed by atoms with Crippen molar-refractivity contribution in [2.24, 2.45) is 5.41 Å². The third kappa shape index (κ3) is 4.73. The molecule has 0 unspecified atom stereocenters. The molecule has 23 heavy (non-hydrogen) atoms. The van der Waals surface area contributed by atoms with Crippen LogP contribution in [0.4, 0.5) is 4.79 Å². The van der Waals surface area contributed by atoms with E-state index >= 15 is 0 Å². The van der Waals surface area contributed by atoms with Gasteiger partial charge in [0.25, 0.3) is 0 Å². The molecule has 2 N–H and O–H groups in total. The average molecular weight is 332 g/mol. The van der Waals surface area contributed by atoms with Gasteiger partial charge >= 0.3 is 6.03 Å². The number of para-hydroxylation sites is 1.